The van der Waals surface area contributed by atoms with Crippen LogP contribution in [0.15, 0.2) is 18.3 Å². The van der Waals surface area contributed by atoms with Gasteiger partial charge in [-0.25, -0.2) is 9.78 Å². The fourth-order valence-electron chi connectivity index (χ4n) is 2.11. The number of pyridine rings is 1. The minimum absolute atomic E-state index is 0.114. The molecule has 4 amide bonds. The maximum Gasteiger partial charge on any atom is 0.325 e. The highest BCUT2D eigenvalue weighted by molar-refractivity contribution is 6.32. The van der Waals surface area contributed by atoms with E-state index in [1.165, 1.54) is 6.20 Å². The molecule has 2 heterocycles. The molecule has 134 valence electrons. The van der Waals surface area contributed by atoms with Gasteiger partial charge in [-0.3, -0.25) is 19.3 Å². The molecule has 0 aromatic carbocycles. The number of hydrogen-bond donors (Lipinski definition) is 2. The normalized spacial score (nSPS) is 15.7. The van der Waals surface area contributed by atoms with Gasteiger partial charge in [-0.05, 0) is 26.0 Å². The molecular formula is C15H17ClN4O5. The number of amides is 4. The number of anilines is 1. The maximum atomic E-state index is 12.0. The second kappa shape index (κ2) is 7.47. The van der Waals surface area contributed by atoms with Crippen LogP contribution in [-0.4, -0.2) is 52.4 Å². The number of carbonyl (C=O) groups excluding carboxylic acids is 4. The first-order chi connectivity index (χ1) is 11.7. The molecule has 0 bridgehead atoms. The quantitative estimate of drug-likeness (QED) is 0.438. The lowest BCUT2D eigenvalue weighted by molar-refractivity contribution is -0.147. The smallest absolute Gasteiger partial charge is 0.325 e. The Morgan fingerprint density at radius 1 is 1.40 bits per heavy atom. The van der Waals surface area contributed by atoms with Crippen molar-refractivity contribution in [3.05, 3.63) is 23.5 Å². The number of urea groups is 1. The van der Waals surface area contributed by atoms with Crippen LogP contribution in [-0.2, 0) is 19.1 Å². The number of nitrogens with zero attached hydrogens (tertiary/aromatic N) is 2. The fourth-order valence-corrected chi connectivity index (χ4v) is 2.27. The highest BCUT2D eigenvalue weighted by Crippen LogP contribution is 2.18. The van der Waals surface area contributed by atoms with Gasteiger partial charge in [0.2, 0.25) is 0 Å². The second-order valence-electron chi connectivity index (χ2n) is 5.81. The Morgan fingerprint density at radius 3 is 2.72 bits per heavy atom. The van der Waals surface area contributed by atoms with Crippen molar-refractivity contribution in [1.29, 1.82) is 0 Å². The van der Waals surface area contributed by atoms with Crippen LogP contribution >= 0.6 is 11.6 Å². The zero-order valence-corrected chi connectivity index (χ0v) is 14.4. The number of aromatic nitrogens is 1. The number of halogens is 1. The number of hydrogen-bond acceptors (Lipinski definition) is 6. The first-order valence-corrected chi connectivity index (χ1v) is 7.78. The van der Waals surface area contributed by atoms with Gasteiger partial charge in [0, 0.05) is 12.7 Å². The summed E-state index contributed by atoms with van der Waals surface area (Å²) in [5.74, 6) is -1.72. The van der Waals surface area contributed by atoms with E-state index >= 15 is 0 Å². The molecule has 2 N–H and O–H groups in total. The Balaban J connectivity index is 1.76. The molecule has 0 aliphatic carbocycles. The largest absolute Gasteiger partial charge is 0.456 e. The first kappa shape index (κ1) is 18.7. The third-order valence-electron chi connectivity index (χ3n) is 3.38. The summed E-state index contributed by atoms with van der Waals surface area (Å²) < 4.78 is 4.81. The average Bonchev–Trinajstić information content (AvgIpc) is 2.73. The van der Waals surface area contributed by atoms with Crippen LogP contribution in [0.5, 0.6) is 0 Å². The van der Waals surface area contributed by atoms with Crippen LogP contribution < -0.4 is 10.6 Å². The van der Waals surface area contributed by atoms with E-state index in [0.717, 1.165) is 4.90 Å². The van der Waals surface area contributed by atoms with E-state index in [0.29, 0.717) is 5.69 Å². The van der Waals surface area contributed by atoms with Crippen molar-refractivity contribution in [2.45, 2.75) is 25.8 Å². The van der Waals surface area contributed by atoms with Crippen LogP contribution in [0.2, 0.25) is 5.15 Å². The predicted octanol–water partition coefficient (Wildman–Crippen LogP) is 0.937. The first-order valence-electron chi connectivity index (χ1n) is 7.41. The number of nitrogens with one attached hydrogen (secondary N) is 2. The number of rotatable bonds is 6. The van der Waals surface area contributed by atoms with Gasteiger partial charge in [0.05, 0.1) is 12.1 Å². The summed E-state index contributed by atoms with van der Waals surface area (Å²) in [5.41, 5.74) is -0.698. The lowest BCUT2D eigenvalue weighted by Crippen LogP contribution is -2.40. The van der Waals surface area contributed by atoms with E-state index in [1.54, 1.807) is 26.0 Å². The van der Waals surface area contributed by atoms with E-state index in [9.17, 15) is 19.2 Å². The van der Waals surface area contributed by atoms with Gasteiger partial charge in [-0.15, -0.1) is 0 Å². The lowest BCUT2D eigenvalue weighted by Gasteiger charge is -2.15. The molecule has 1 aromatic heterocycles. The summed E-state index contributed by atoms with van der Waals surface area (Å²) in [6, 6.07) is 2.58. The number of imide groups is 1. The predicted molar refractivity (Wildman–Crippen MR) is 87.8 cm³/mol. The Labute approximate surface area is 148 Å². The van der Waals surface area contributed by atoms with Crippen LogP contribution in [0.1, 0.15) is 20.3 Å². The summed E-state index contributed by atoms with van der Waals surface area (Å²) in [5, 5.41) is 5.06. The number of ether oxygens (including phenoxy) is 1. The van der Waals surface area contributed by atoms with Crippen LogP contribution in [0, 0.1) is 0 Å². The molecule has 0 saturated carbocycles. The molecule has 1 aliphatic heterocycles. The molecule has 25 heavy (non-hydrogen) atoms. The van der Waals surface area contributed by atoms with Gasteiger partial charge in [-0.2, -0.15) is 0 Å². The fraction of sp³-hybridized carbons (Fsp3) is 0.400. The van der Waals surface area contributed by atoms with E-state index in [2.05, 4.69) is 15.6 Å². The van der Waals surface area contributed by atoms with Gasteiger partial charge < -0.3 is 15.4 Å². The Bertz CT molecular complexity index is 722. The standard InChI is InChI=1S/C15H17ClN4O5/c1-15(2)13(23)20(14(24)19-15)7-5-11(22)25-8-10(21)18-9-4-3-6-17-12(9)16/h3-4,6H,5,7-8H2,1-2H3,(H,18,21)(H,19,24). The van der Waals surface area contributed by atoms with Crippen molar-refractivity contribution in [3.63, 3.8) is 0 Å². The van der Waals surface area contributed by atoms with Crippen molar-refractivity contribution in [2.24, 2.45) is 0 Å². The summed E-state index contributed by atoms with van der Waals surface area (Å²) in [7, 11) is 0. The molecule has 9 nitrogen and oxygen atoms in total. The molecule has 0 unspecified atom stereocenters. The molecule has 1 aromatic rings. The summed E-state index contributed by atoms with van der Waals surface area (Å²) in [6.07, 6.45) is 1.26. The summed E-state index contributed by atoms with van der Waals surface area (Å²) in [6.45, 7) is 2.50. The number of carbonyl (C=O) groups is 4. The summed E-state index contributed by atoms with van der Waals surface area (Å²) >= 11 is 5.79. The molecule has 0 atom stereocenters. The molecule has 2 rings (SSSR count). The molecule has 0 radical (unpaired) electrons. The Hall–Kier alpha value is -2.68. The Kier molecular flexibility index (Phi) is 5.58. The van der Waals surface area contributed by atoms with Gasteiger partial charge >= 0.3 is 12.0 Å². The molecule has 1 fully saturated rings. The van der Waals surface area contributed by atoms with E-state index in [1.807, 2.05) is 0 Å². The van der Waals surface area contributed by atoms with Gasteiger partial charge in [0.25, 0.3) is 11.8 Å². The van der Waals surface area contributed by atoms with Crippen molar-refractivity contribution >= 4 is 41.1 Å². The minimum Gasteiger partial charge on any atom is -0.456 e. The third-order valence-corrected chi connectivity index (χ3v) is 3.68. The van der Waals surface area contributed by atoms with Crippen LogP contribution in [0.3, 0.4) is 0 Å². The average molecular weight is 369 g/mol. The van der Waals surface area contributed by atoms with Crippen LogP contribution in [0.4, 0.5) is 10.5 Å². The van der Waals surface area contributed by atoms with Crippen molar-refractivity contribution < 1.29 is 23.9 Å². The summed E-state index contributed by atoms with van der Waals surface area (Å²) in [4.78, 5) is 51.8. The molecule has 1 saturated heterocycles. The number of esters is 1. The SMILES string of the molecule is CC1(C)NC(=O)N(CCC(=O)OCC(=O)Nc2cccnc2Cl)C1=O. The zero-order valence-electron chi connectivity index (χ0n) is 13.7. The van der Waals surface area contributed by atoms with Crippen molar-refractivity contribution in [2.75, 3.05) is 18.5 Å². The monoisotopic (exact) mass is 368 g/mol. The van der Waals surface area contributed by atoms with E-state index in [4.69, 9.17) is 16.3 Å². The highest BCUT2D eigenvalue weighted by atomic mass is 35.5. The van der Waals surface area contributed by atoms with Gasteiger partial charge in [0.1, 0.15) is 5.54 Å². The van der Waals surface area contributed by atoms with Gasteiger partial charge in [-0.1, -0.05) is 11.6 Å². The minimum atomic E-state index is -0.996. The maximum absolute atomic E-state index is 12.0. The van der Waals surface area contributed by atoms with Crippen molar-refractivity contribution in [1.82, 2.24) is 15.2 Å². The topological polar surface area (TPSA) is 118 Å². The highest BCUT2D eigenvalue weighted by Gasteiger charge is 2.44. The van der Waals surface area contributed by atoms with E-state index in [-0.39, 0.29) is 18.1 Å². The second-order valence-corrected chi connectivity index (χ2v) is 6.17. The van der Waals surface area contributed by atoms with Gasteiger partial charge in [0.15, 0.2) is 11.8 Å². The lowest BCUT2D eigenvalue weighted by atomic mass is 10.1. The molecular weight excluding hydrogens is 352 g/mol. The van der Waals surface area contributed by atoms with Crippen LogP contribution in [0.25, 0.3) is 0 Å². The molecule has 0 spiro atoms. The Morgan fingerprint density at radius 2 is 2.12 bits per heavy atom. The molecule has 1 aliphatic rings. The molecule has 10 heteroatoms. The van der Waals surface area contributed by atoms with Crippen molar-refractivity contribution in [3.8, 4) is 0 Å². The van der Waals surface area contributed by atoms with E-state index < -0.39 is 36.0 Å². The third kappa shape index (κ3) is 4.66. The zero-order chi connectivity index (χ0) is 18.6.